The highest BCUT2D eigenvalue weighted by Crippen LogP contribution is 2.26. The van der Waals surface area contributed by atoms with Crippen molar-refractivity contribution in [3.8, 4) is 5.75 Å². The van der Waals surface area contributed by atoms with Gasteiger partial charge in [-0.25, -0.2) is 0 Å². The zero-order valence-corrected chi connectivity index (χ0v) is 18.1. The highest BCUT2D eigenvalue weighted by atomic mass is 16.5. The number of unbranched alkanes of at least 4 members (excludes halogenated alkanes) is 1. The van der Waals surface area contributed by atoms with Gasteiger partial charge in [0.25, 0.3) is 0 Å². The smallest absolute Gasteiger partial charge is 0.234 e. The number of nitrogens with zero attached hydrogens (tertiary/aromatic N) is 2. The molecule has 2 atom stereocenters. The highest BCUT2D eigenvalue weighted by Gasteiger charge is 2.25. The van der Waals surface area contributed by atoms with Crippen molar-refractivity contribution in [1.29, 1.82) is 0 Å². The molecule has 6 heteroatoms. The molecular weight excluding hydrogens is 366 g/mol. The second kappa shape index (κ2) is 11.5. The molecule has 0 bridgehead atoms. The van der Waals surface area contributed by atoms with Crippen LogP contribution in [0.1, 0.15) is 38.2 Å². The molecule has 2 aliphatic heterocycles. The summed E-state index contributed by atoms with van der Waals surface area (Å²) in [7, 11) is 1.74. The van der Waals surface area contributed by atoms with E-state index in [1.54, 1.807) is 7.11 Å². The number of carbonyl (C=O) groups is 1. The molecule has 0 saturated carbocycles. The molecule has 0 spiro atoms. The molecule has 2 aliphatic rings. The van der Waals surface area contributed by atoms with Gasteiger partial charge in [0.05, 0.1) is 13.2 Å². The van der Waals surface area contributed by atoms with Gasteiger partial charge in [-0.05, 0) is 37.8 Å². The Bertz CT molecular complexity index is 640. The van der Waals surface area contributed by atoms with Crippen molar-refractivity contribution < 1.29 is 14.3 Å². The van der Waals surface area contributed by atoms with E-state index in [9.17, 15) is 4.79 Å². The lowest BCUT2D eigenvalue weighted by Crippen LogP contribution is -2.42. The Kier molecular flexibility index (Phi) is 8.77. The van der Waals surface area contributed by atoms with Crippen molar-refractivity contribution in [3.05, 3.63) is 29.8 Å². The summed E-state index contributed by atoms with van der Waals surface area (Å²) >= 11 is 0. The van der Waals surface area contributed by atoms with Gasteiger partial charge in [-0.1, -0.05) is 31.5 Å². The Morgan fingerprint density at radius 3 is 2.97 bits per heavy atom. The first kappa shape index (κ1) is 22.1. The third-order valence-electron chi connectivity index (χ3n) is 5.94. The Morgan fingerprint density at radius 2 is 2.14 bits per heavy atom. The second-order valence-corrected chi connectivity index (χ2v) is 8.41. The molecule has 6 nitrogen and oxygen atoms in total. The maximum Gasteiger partial charge on any atom is 0.234 e. The Balaban J connectivity index is 1.48. The van der Waals surface area contributed by atoms with E-state index in [4.69, 9.17) is 9.47 Å². The van der Waals surface area contributed by atoms with Crippen LogP contribution in [0.2, 0.25) is 0 Å². The number of fused-ring (bicyclic) bond motifs is 1. The minimum absolute atomic E-state index is 0.119. The average molecular weight is 404 g/mol. The van der Waals surface area contributed by atoms with E-state index in [-0.39, 0.29) is 12.0 Å². The van der Waals surface area contributed by atoms with Gasteiger partial charge in [0.1, 0.15) is 11.9 Å². The Morgan fingerprint density at radius 1 is 1.28 bits per heavy atom. The first-order chi connectivity index (χ1) is 14.2. The number of likely N-dealkylation sites (tertiary alicyclic amines) is 1. The van der Waals surface area contributed by atoms with Crippen molar-refractivity contribution in [2.75, 3.05) is 53.0 Å². The van der Waals surface area contributed by atoms with Gasteiger partial charge in [-0.2, -0.15) is 0 Å². The van der Waals surface area contributed by atoms with Crippen molar-refractivity contribution >= 4 is 5.91 Å². The average Bonchev–Trinajstić information content (AvgIpc) is 3.10. The van der Waals surface area contributed by atoms with E-state index in [1.807, 2.05) is 18.2 Å². The first-order valence-corrected chi connectivity index (χ1v) is 11.1. The van der Waals surface area contributed by atoms with Gasteiger partial charge in [-0.15, -0.1) is 0 Å². The SMILES string of the molecule is CCCC[C@H]1CN(CC(=O)NC[C@@H]2CCN(CCOC)C2)Cc2ccccc2O1. The normalized spacial score (nSPS) is 22.7. The van der Waals surface area contributed by atoms with E-state index in [0.29, 0.717) is 12.5 Å². The van der Waals surface area contributed by atoms with Gasteiger partial charge in [-0.3, -0.25) is 9.69 Å². The summed E-state index contributed by atoms with van der Waals surface area (Å²) in [4.78, 5) is 17.3. The van der Waals surface area contributed by atoms with Crippen LogP contribution in [-0.4, -0.2) is 74.8 Å². The fraction of sp³-hybridized carbons (Fsp3) is 0.696. The van der Waals surface area contributed by atoms with Crippen molar-refractivity contribution in [2.45, 2.75) is 45.3 Å². The van der Waals surface area contributed by atoms with Crippen LogP contribution in [0.3, 0.4) is 0 Å². The third-order valence-corrected chi connectivity index (χ3v) is 5.94. The van der Waals surface area contributed by atoms with Gasteiger partial charge in [0.2, 0.25) is 5.91 Å². The molecule has 1 saturated heterocycles. The van der Waals surface area contributed by atoms with E-state index in [1.165, 1.54) is 5.56 Å². The third kappa shape index (κ3) is 6.98. The first-order valence-electron chi connectivity index (χ1n) is 11.1. The van der Waals surface area contributed by atoms with E-state index >= 15 is 0 Å². The van der Waals surface area contributed by atoms with Crippen molar-refractivity contribution in [2.24, 2.45) is 5.92 Å². The molecule has 162 valence electrons. The minimum Gasteiger partial charge on any atom is -0.489 e. The topological polar surface area (TPSA) is 54.0 Å². The zero-order valence-electron chi connectivity index (χ0n) is 18.1. The molecule has 1 aromatic carbocycles. The molecule has 0 unspecified atom stereocenters. The molecule has 1 fully saturated rings. The molecule has 3 rings (SSSR count). The lowest BCUT2D eigenvalue weighted by Gasteiger charge is -2.23. The molecule has 1 N–H and O–H groups in total. The summed E-state index contributed by atoms with van der Waals surface area (Å²) in [5.41, 5.74) is 1.17. The number of methoxy groups -OCH3 is 1. The molecule has 0 radical (unpaired) electrons. The maximum atomic E-state index is 12.6. The lowest BCUT2D eigenvalue weighted by molar-refractivity contribution is -0.122. The number of ether oxygens (including phenoxy) is 2. The molecule has 0 aliphatic carbocycles. The fourth-order valence-electron chi connectivity index (χ4n) is 4.28. The summed E-state index contributed by atoms with van der Waals surface area (Å²) in [5.74, 6) is 1.63. The predicted molar refractivity (Wildman–Crippen MR) is 115 cm³/mol. The molecule has 1 amide bonds. The molecule has 0 aromatic heterocycles. The quantitative estimate of drug-likeness (QED) is 0.651. The summed E-state index contributed by atoms with van der Waals surface area (Å²) in [6.07, 6.45) is 4.63. The molecule has 1 aromatic rings. The van der Waals surface area contributed by atoms with Crippen molar-refractivity contribution in [1.82, 2.24) is 15.1 Å². The molecule has 29 heavy (non-hydrogen) atoms. The van der Waals surface area contributed by atoms with E-state index in [0.717, 1.165) is 77.3 Å². The summed E-state index contributed by atoms with van der Waals surface area (Å²) < 4.78 is 11.4. The maximum absolute atomic E-state index is 12.6. The van der Waals surface area contributed by atoms with Gasteiger partial charge >= 0.3 is 0 Å². The molecule has 2 heterocycles. The van der Waals surface area contributed by atoms with Crippen LogP contribution < -0.4 is 10.1 Å². The van der Waals surface area contributed by atoms with Crippen LogP contribution in [-0.2, 0) is 16.1 Å². The summed E-state index contributed by atoms with van der Waals surface area (Å²) in [5, 5.41) is 3.17. The largest absolute Gasteiger partial charge is 0.489 e. The van der Waals surface area contributed by atoms with Crippen LogP contribution in [0.15, 0.2) is 24.3 Å². The lowest BCUT2D eigenvalue weighted by atomic mass is 10.1. The number of benzene rings is 1. The van der Waals surface area contributed by atoms with Crippen LogP contribution in [0.4, 0.5) is 0 Å². The van der Waals surface area contributed by atoms with Gasteiger partial charge < -0.3 is 19.7 Å². The van der Waals surface area contributed by atoms with E-state index < -0.39 is 0 Å². The van der Waals surface area contributed by atoms with Crippen LogP contribution >= 0.6 is 0 Å². The van der Waals surface area contributed by atoms with E-state index in [2.05, 4.69) is 28.1 Å². The second-order valence-electron chi connectivity index (χ2n) is 8.41. The number of amides is 1. The van der Waals surface area contributed by atoms with Gasteiger partial charge in [0.15, 0.2) is 0 Å². The van der Waals surface area contributed by atoms with Crippen LogP contribution in [0, 0.1) is 5.92 Å². The fourth-order valence-corrected chi connectivity index (χ4v) is 4.28. The molecular formula is C23H37N3O3. The highest BCUT2D eigenvalue weighted by molar-refractivity contribution is 5.78. The minimum atomic E-state index is 0.119. The van der Waals surface area contributed by atoms with Crippen molar-refractivity contribution in [3.63, 3.8) is 0 Å². The standard InChI is InChI=1S/C23H37N3O3/c1-3-4-8-21-17-26(16-20-7-5-6-9-22(20)29-21)18-23(27)24-14-19-10-11-25(15-19)12-13-28-2/h5-7,9,19,21H,3-4,8,10-18H2,1-2H3,(H,24,27)/t19-,21-/m0/s1. The number of rotatable bonds is 10. The van der Waals surface area contributed by atoms with Crippen LogP contribution in [0.5, 0.6) is 5.75 Å². The number of nitrogens with one attached hydrogen (secondary N) is 1. The van der Waals surface area contributed by atoms with Gasteiger partial charge in [0, 0.05) is 45.4 Å². The summed E-state index contributed by atoms with van der Waals surface area (Å²) in [6.45, 7) is 8.87. The zero-order chi connectivity index (χ0) is 20.5. The number of hydrogen-bond donors (Lipinski definition) is 1. The van der Waals surface area contributed by atoms with Crippen LogP contribution in [0.25, 0.3) is 0 Å². The Labute approximate surface area is 175 Å². The predicted octanol–water partition coefficient (Wildman–Crippen LogP) is 2.52. The number of carbonyl (C=O) groups excluding carboxylic acids is 1. The Hall–Kier alpha value is -1.63. The number of para-hydroxylation sites is 1. The summed E-state index contributed by atoms with van der Waals surface area (Å²) in [6, 6.07) is 8.22. The number of hydrogen-bond acceptors (Lipinski definition) is 5. The monoisotopic (exact) mass is 403 g/mol.